The zero-order valence-electron chi connectivity index (χ0n) is 14.8. The van der Waals surface area contributed by atoms with E-state index in [1.54, 1.807) is 0 Å². The van der Waals surface area contributed by atoms with E-state index in [9.17, 15) is 0 Å². The number of allylic oxidation sites excluding steroid dienone is 4. The van der Waals surface area contributed by atoms with Crippen molar-refractivity contribution >= 4 is 0 Å². The first-order valence-electron chi connectivity index (χ1n) is 10.3. The third-order valence-corrected chi connectivity index (χ3v) is 5.78. The first-order valence-corrected chi connectivity index (χ1v) is 10.3. The summed E-state index contributed by atoms with van der Waals surface area (Å²) in [7, 11) is 0. The third-order valence-electron chi connectivity index (χ3n) is 5.78. The highest BCUT2D eigenvalue weighted by atomic mass is 14.3. The molecule has 2 rings (SSSR count). The number of rotatable bonds is 1. The average Bonchev–Trinajstić information content (AvgIpc) is 2.64. The normalized spacial score (nSPS) is 33.1. The van der Waals surface area contributed by atoms with Crippen molar-refractivity contribution in [2.45, 2.75) is 103 Å². The van der Waals surface area contributed by atoms with Crippen molar-refractivity contribution in [2.24, 2.45) is 11.8 Å². The van der Waals surface area contributed by atoms with Crippen molar-refractivity contribution in [3.8, 4) is 0 Å². The van der Waals surface area contributed by atoms with Crippen LogP contribution in [0.4, 0.5) is 0 Å². The molecule has 2 aliphatic rings. The molecule has 0 aromatic carbocycles. The molecule has 0 saturated carbocycles. The molecule has 0 nitrogen and oxygen atoms in total. The van der Waals surface area contributed by atoms with Crippen LogP contribution in [0.2, 0.25) is 0 Å². The third kappa shape index (κ3) is 7.65. The Morgan fingerprint density at radius 2 is 0.727 bits per heavy atom. The zero-order chi connectivity index (χ0) is 15.3. The molecule has 0 spiro atoms. The fourth-order valence-corrected chi connectivity index (χ4v) is 4.39. The summed E-state index contributed by atoms with van der Waals surface area (Å²) < 4.78 is 0. The quantitative estimate of drug-likeness (QED) is 0.437. The van der Waals surface area contributed by atoms with E-state index >= 15 is 0 Å². The Balaban J connectivity index is 1.87. The topological polar surface area (TPSA) is 0 Å². The van der Waals surface area contributed by atoms with Crippen LogP contribution in [0.1, 0.15) is 103 Å². The molecular formula is C22H38. The molecule has 0 heteroatoms. The van der Waals surface area contributed by atoms with Gasteiger partial charge in [0.25, 0.3) is 0 Å². The van der Waals surface area contributed by atoms with Crippen LogP contribution in [-0.4, -0.2) is 0 Å². The number of hydrogen-bond donors (Lipinski definition) is 0. The highest BCUT2D eigenvalue weighted by Gasteiger charge is 2.20. The maximum Gasteiger partial charge on any atom is -0.0351 e. The summed E-state index contributed by atoms with van der Waals surface area (Å²) in [5.74, 6) is 2.05. The lowest BCUT2D eigenvalue weighted by Crippen LogP contribution is -2.16. The molecule has 0 aromatic rings. The van der Waals surface area contributed by atoms with Gasteiger partial charge in [-0.3, -0.25) is 0 Å². The molecule has 126 valence electrons. The molecule has 0 saturated heterocycles. The second-order valence-electron chi connectivity index (χ2n) is 7.60. The van der Waals surface area contributed by atoms with Crippen LogP contribution in [0.15, 0.2) is 24.3 Å². The highest BCUT2D eigenvalue weighted by molar-refractivity contribution is 4.85. The van der Waals surface area contributed by atoms with Crippen molar-refractivity contribution in [1.82, 2.24) is 0 Å². The fourth-order valence-electron chi connectivity index (χ4n) is 4.39. The minimum absolute atomic E-state index is 1.02. The average molecular weight is 303 g/mol. The van der Waals surface area contributed by atoms with E-state index in [1.165, 1.54) is 103 Å². The summed E-state index contributed by atoms with van der Waals surface area (Å²) in [4.78, 5) is 0. The predicted molar refractivity (Wildman–Crippen MR) is 99.1 cm³/mol. The van der Waals surface area contributed by atoms with Gasteiger partial charge >= 0.3 is 0 Å². The first-order chi connectivity index (χ1) is 11.0. The standard InChI is InChI=1S/C22H38/c1-2-6-10-14-18-21(17-13-9-5-1)22-19-15-11-7-3-4-8-12-16-20-22/h1,3,5,7,21-22H,2,4,6,8-20H2/b5-1-,7-3-. The van der Waals surface area contributed by atoms with E-state index in [0.29, 0.717) is 0 Å². The summed E-state index contributed by atoms with van der Waals surface area (Å²) in [5, 5.41) is 0. The van der Waals surface area contributed by atoms with E-state index in [-0.39, 0.29) is 0 Å². The first kappa shape index (κ1) is 17.8. The molecule has 22 heavy (non-hydrogen) atoms. The fraction of sp³-hybridized carbons (Fsp3) is 0.818. The van der Waals surface area contributed by atoms with Crippen LogP contribution < -0.4 is 0 Å². The Morgan fingerprint density at radius 1 is 0.364 bits per heavy atom. The van der Waals surface area contributed by atoms with Gasteiger partial charge in [-0.2, -0.15) is 0 Å². The lowest BCUT2D eigenvalue weighted by Gasteiger charge is -2.27. The maximum atomic E-state index is 2.45. The minimum atomic E-state index is 1.02. The molecule has 0 N–H and O–H groups in total. The molecular weight excluding hydrogens is 264 g/mol. The monoisotopic (exact) mass is 302 g/mol. The summed E-state index contributed by atoms with van der Waals surface area (Å²) in [6.45, 7) is 0. The van der Waals surface area contributed by atoms with Gasteiger partial charge < -0.3 is 0 Å². The van der Waals surface area contributed by atoms with Crippen molar-refractivity contribution in [3.05, 3.63) is 24.3 Å². The van der Waals surface area contributed by atoms with E-state index < -0.39 is 0 Å². The van der Waals surface area contributed by atoms with Crippen molar-refractivity contribution < 1.29 is 0 Å². The van der Waals surface area contributed by atoms with E-state index in [1.807, 2.05) is 0 Å². The second-order valence-corrected chi connectivity index (χ2v) is 7.60. The lowest BCUT2D eigenvalue weighted by molar-refractivity contribution is 0.242. The van der Waals surface area contributed by atoms with Gasteiger partial charge in [0.1, 0.15) is 0 Å². The van der Waals surface area contributed by atoms with Crippen LogP contribution in [0.3, 0.4) is 0 Å². The largest absolute Gasteiger partial charge is 0.0885 e. The van der Waals surface area contributed by atoms with Crippen molar-refractivity contribution in [3.63, 3.8) is 0 Å². The molecule has 0 fully saturated rings. The number of hydrogen-bond acceptors (Lipinski definition) is 0. The van der Waals surface area contributed by atoms with Gasteiger partial charge in [-0.15, -0.1) is 0 Å². The van der Waals surface area contributed by atoms with Gasteiger partial charge in [0.15, 0.2) is 0 Å². The molecule has 0 bridgehead atoms. The summed E-state index contributed by atoms with van der Waals surface area (Å²) in [6.07, 6.45) is 32.6. The van der Waals surface area contributed by atoms with Gasteiger partial charge in [-0.05, 0) is 76.0 Å². The van der Waals surface area contributed by atoms with Gasteiger partial charge in [0.2, 0.25) is 0 Å². The summed E-state index contributed by atoms with van der Waals surface area (Å²) >= 11 is 0. The van der Waals surface area contributed by atoms with Crippen LogP contribution >= 0.6 is 0 Å². The molecule has 0 aromatic heterocycles. The molecule has 0 heterocycles. The summed E-state index contributed by atoms with van der Waals surface area (Å²) in [5.41, 5.74) is 0. The lowest BCUT2D eigenvalue weighted by atomic mass is 9.78. The Labute approximate surface area is 139 Å². The SMILES string of the molecule is C1=C\CCCC(C2CCC/C=C\CCCCC2)CCCCC/1. The predicted octanol–water partition coefficient (Wildman–Crippen LogP) is 7.60. The smallest absolute Gasteiger partial charge is 0.0351 e. The van der Waals surface area contributed by atoms with Crippen LogP contribution in [-0.2, 0) is 0 Å². The molecule has 0 amide bonds. The Bertz CT molecular complexity index is 280. The Morgan fingerprint density at radius 3 is 1.18 bits per heavy atom. The Kier molecular flexibility index (Phi) is 9.70. The molecule has 0 radical (unpaired) electrons. The van der Waals surface area contributed by atoms with Gasteiger partial charge in [-0.25, -0.2) is 0 Å². The Hall–Kier alpha value is -0.520. The van der Waals surface area contributed by atoms with Crippen molar-refractivity contribution in [1.29, 1.82) is 0 Å². The zero-order valence-corrected chi connectivity index (χ0v) is 14.8. The van der Waals surface area contributed by atoms with Crippen LogP contribution in [0.25, 0.3) is 0 Å². The van der Waals surface area contributed by atoms with Gasteiger partial charge in [0, 0.05) is 0 Å². The van der Waals surface area contributed by atoms with E-state index in [0.717, 1.165) is 11.8 Å². The summed E-state index contributed by atoms with van der Waals surface area (Å²) in [6, 6.07) is 0. The highest BCUT2D eigenvalue weighted by Crippen LogP contribution is 2.33. The van der Waals surface area contributed by atoms with Crippen LogP contribution in [0.5, 0.6) is 0 Å². The molecule has 2 atom stereocenters. The molecule has 2 aliphatic carbocycles. The maximum absolute atomic E-state index is 2.45. The minimum Gasteiger partial charge on any atom is -0.0885 e. The second kappa shape index (κ2) is 12.0. The van der Waals surface area contributed by atoms with Crippen LogP contribution in [0, 0.1) is 11.8 Å². The van der Waals surface area contributed by atoms with Crippen molar-refractivity contribution in [2.75, 3.05) is 0 Å². The van der Waals surface area contributed by atoms with E-state index in [4.69, 9.17) is 0 Å². The molecule has 2 unspecified atom stereocenters. The van der Waals surface area contributed by atoms with E-state index in [2.05, 4.69) is 24.3 Å². The van der Waals surface area contributed by atoms with Gasteiger partial charge in [0.05, 0.1) is 0 Å². The van der Waals surface area contributed by atoms with Gasteiger partial charge in [-0.1, -0.05) is 62.8 Å². The molecule has 0 aliphatic heterocycles.